The first kappa shape index (κ1) is 12.6. The Morgan fingerprint density at radius 1 is 1.29 bits per heavy atom. The average molecular weight is 315 g/mol. The SMILES string of the molecule is Cc1cc(Br)c2nc(Cl)nc(NC(C)C)c2c1. The van der Waals surface area contributed by atoms with Crippen LogP contribution in [0.25, 0.3) is 10.9 Å². The van der Waals surface area contributed by atoms with Crippen molar-refractivity contribution in [3.05, 3.63) is 27.5 Å². The van der Waals surface area contributed by atoms with Gasteiger partial charge in [0.15, 0.2) is 0 Å². The maximum absolute atomic E-state index is 5.94. The molecule has 0 radical (unpaired) electrons. The Morgan fingerprint density at radius 2 is 2.00 bits per heavy atom. The maximum Gasteiger partial charge on any atom is 0.224 e. The lowest BCUT2D eigenvalue weighted by Crippen LogP contribution is -2.12. The molecule has 1 aromatic heterocycles. The molecule has 0 spiro atoms. The minimum absolute atomic E-state index is 0.255. The van der Waals surface area contributed by atoms with Gasteiger partial charge in [0, 0.05) is 15.9 Å². The first-order valence-electron chi connectivity index (χ1n) is 5.37. The predicted molar refractivity (Wildman–Crippen MR) is 75.7 cm³/mol. The molecule has 0 saturated carbocycles. The highest BCUT2D eigenvalue weighted by Gasteiger charge is 2.10. The van der Waals surface area contributed by atoms with E-state index < -0.39 is 0 Å². The van der Waals surface area contributed by atoms with E-state index >= 15 is 0 Å². The summed E-state index contributed by atoms with van der Waals surface area (Å²) in [6.45, 7) is 6.16. The molecule has 0 atom stereocenters. The van der Waals surface area contributed by atoms with Gasteiger partial charge in [-0.1, -0.05) is 0 Å². The minimum atomic E-state index is 0.255. The van der Waals surface area contributed by atoms with Gasteiger partial charge in [0.25, 0.3) is 0 Å². The number of nitrogens with zero attached hydrogens (tertiary/aromatic N) is 2. The van der Waals surface area contributed by atoms with Gasteiger partial charge in [-0.15, -0.1) is 0 Å². The largest absolute Gasteiger partial charge is 0.367 e. The van der Waals surface area contributed by atoms with Gasteiger partial charge in [0.1, 0.15) is 5.82 Å². The molecule has 0 bridgehead atoms. The molecule has 17 heavy (non-hydrogen) atoms. The second kappa shape index (κ2) is 4.78. The van der Waals surface area contributed by atoms with Crippen molar-refractivity contribution in [1.82, 2.24) is 9.97 Å². The summed E-state index contributed by atoms with van der Waals surface area (Å²) in [6, 6.07) is 4.37. The molecule has 0 aliphatic rings. The van der Waals surface area contributed by atoms with Crippen molar-refractivity contribution < 1.29 is 0 Å². The Bertz CT molecular complexity index is 569. The molecule has 5 heteroatoms. The molecule has 0 amide bonds. The van der Waals surface area contributed by atoms with Crippen LogP contribution in [0, 0.1) is 6.92 Å². The number of hydrogen-bond donors (Lipinski definition) is 1. The van der Waals surface area contributed by atoms with Gasteiger partial charge in [-0.2, -0.15) is 0 Å². The standard InChI is InChI=1S/C12H13BrClN3/c1-6(2)15-11-8-4-7(3)5-9(13)10(8)16-12(14)17-11/h4-6H,1-3H3,(H,15,16,17). The molecule has 2 aromatic rings. The van der Waals surface area contributed by atoms with Crippen molar-refractivity contribution in [1.29, 1.82) is 0 Å². The first-order valence-corrected chi connectivity index (χ1v) is 6.54. The average Bonchev–Trinajstić information content (AvgIpc) is 2.19. The van der Waals surface area contributed by atoms with E-state index in [2.05, 4.69) is 51.1 Å². The van der Waals surface area contributed by atoms with E-state index in [9.17, 15) is 0 Å². The molecule has 0 unspecified atom stereocenters. The summed E-state index contributed by atoms with van der Waals surface area (Å²) in [5, 5.41) is 4.52. The third-order valence-corrected chi connectivity index (χ3v) is 3.07. The van der Waals surface area contributed by atoms with Gasteiger partial charge in [-0.25, -0.2) is 9.97 Å². The third-order valence-electron chi connectivity index (χ3n) is 2.30. The zero-order valence-electron chi connectivity index (χ0n) is 9.88. The highest BCUT2D eigenvalue weighted by atomic mass is 79.9. The molecule has 0 fully saturated rings. The third kappa shape index (κ3) is 2.69. The fraction of sp³-hybridized carbons (Fsp3) is 0.333. The molecule has 2 rings (SSSR count). The number of nitrogens with one attached hydrogen (secondary N) is 1. The molecule has 1 aromatic carbocycles. The quantitative estimate of drug-likeness (QED) is 0.845. The summed E-state index contributed by atoms with van der Waals surface area (Å²) in [7, 11) is 0. The number of fused-ring (bicyclic) bond motifs is 1. The van der Waals surface area contributed by atoms with Crippen LogP contribution in [-0.4, -0.2) is 16.0 Å². The summed E-state index contributed by atoms with van der Waals surface area (Å²) in [4.78, 5) is 8.50. The van der Waals surface area contributed by atoms with Crippen molar-refractivity contribution in [3.8, 4) is 0 Å². The van der Waals surface area contributed by atoms with E-state index in [0.717, 1.165) is 26.8 Å². The first-order chi connectivity index (χ1) is 7.97. The van der Waals surface area contributed by atoms with Gasteiger partial charge in [0.2, 0.25) is 5.28 Å². The topological polar surface area (TPSA) is 37.8 Å². The maximum atomic E-state index is 5.94. The molecular formula is C12H13BrClN3. The summed E-state index contributed by atoms with van der Waals surface area (Å²) >= 11 is 9.44. The van der Waals surface area contributed by atoms with Crippen LogP contribution in [0.4, 0.5) is 5.82 Å². The van der Waals surface area contributed by atoms with Crippen LogP contribution in [0.2, 0.25) is 5.28 Å². The summed E-state index contributed by atoms with van der Waals surface area (Å²) < 4.78 is 0.934. The zero-order valence-corrected chi connectivity index (χ0v) is 12.2. The predicted octanol–water partition coefficient (Wildman–Crippen LogP) is 4.17. The number of halogens is 2. The van der Waals surface area contributed by atoms with Crippen molar-refractivity contribution in [3.63, 3.8) is 0 Å². The number of hydrogen-bond acceptors (Lipinski definition) is 3. The van der Waals surface area contributed by atoms with E-state index in [1.807, 2.05) is 13.0 Å². The number of benzene rings is 1. The Morgan fingerprint density at radius 3 is 2.65 bits per heavy atom. The van der Waals surface area contributed by atoms with E-state index in [0.29, 0.717) is 6.04 Å². The molecule has 3 nitrogen and oxygen atoms in total. The summed E-state index contributed by atoms with van der Waals surface area (Å²) in [5.74, 6) is 0.777. The second-order valence-corrected chi connectivity index (χ2v) is 5.48. The fourth-order valence-electron chi connectivity index (χ4n) is 1.68. The van der Waals surface area contributed by atoms with Gasteiger partial charge >= 0.3 is 0 Å². The molecule has 0 aliphatic heterocycles. The Kier molecular flexibility index (Phi) is 3.54. The highest BCUT2D eigenvalue weighted by Crippen LogP contribution is 2.29. The van der Waals surface area contributed by atoms with Crippen LogP contribution < -0.4 is 5.32 Å². The Labute approximate surface area is 114 Å². The zero-order chi connectivity index (χ0) is 12.6. The lowest BCUT2D eigenvalue weighted by molar-refractivity contribution is 0.890. The Hall–Kier alpha value is -0.870. The molecule has 1 N–H and O–H groups in total. The normalized spacial score (nSPS) is 11.2. The fourth-order valence-corrected chi connectivity index (χ4v) is 2.51. The van der Waals surface area contributed by atoms with Crippen molar-refractivity contribution in [2.45, 2.75) is 26.8 Å². The second-order valence-electron chi connectivity index (χ2n) is 4.28. The van der Waals surface area contributed by atoms with E-state index in [-0.39, 0.29) is 5.28 Å². The molecule has 90 valence electrons. The van der Waals surface area contributed by atoms with Crippen LogP contribution in [0.3, 0.4) is 0 Å². The van der Waals surface area contributed by atoms with Crippen molar-refractivity contribution >= 4 is 44.3 Å². The van der Waals surface area contributed by atoms with E-state index in [1.165, 1.54) is 0 Å². The molecular weight excluding hydrogens is 302 g/mol. The monoisotopic (exact) mass is 313 g/mol. The number of aromatic nitrogens is 2. The number of anilines is 1. The van der Waals surface area contributed by atoms with E-state index in [4.69, 9.17) is 11.6 Å². The Balaban J connectivity index is 2.73. The lowest BCUT2D eigenvalue weighted by atomic mass is 10.1. The van der Waals surface area contributed by atoms with Crippen LogP contribution in [0.1, 0.15) is 19.4 Å². The lowest BCUT2D eigenvalue weighted by Gasteiger charge is -2.13. The van der Waals surface area contributed by atoms with Crippen LogP contribution in [0.15, 0.2) is 16.6 Å². The van der Waals surface area contributed by atoms with Crippen molar-refractivity contribution in [2.24, 2.45) is 0 Å². The summed E-state index contributed by atoms with van der Waals surface area (Å²) in [6.07, 6.45) is 0. The minimum Gasteiger partial charge on any atom is -0.367 e. The number of rotatable bonds is 2. The number of aryl methyl sites for hydroxylation is 1. The van der Waals surface area contributed by atoms with Crippen LogP contribution in [-0.2, 0) is 0 Å². The van der Waals surface area contributed by atoms with Gasteiger partial charge in [0.05, 0.1) is 5.52 Å². The van der Waals surface area contributed by atoms with Crippen LogP contribution in [0.5, 0.6) is 0 Å². The van der Waals surface area contributed by atoms with Crippen LogP contribution >= 0.6 is 27.5 Å². The van der Waals surface area contributed by atoms with Crippen molar-refractivity contribution in [2.75, 3.05) is 5.32 Å². The molecule has 1 heterocycles. The smallest absolute Gasteiger partial charge is 0.224 e. The van der Waals surface area contributed by atoms with Gasteiger partial charge < -0.3 is 5.32 Å². The molecule has 0 aliphatic carbocycles. The molecule has 0 saturated heterocycles. The summed E-state index contributed by atoms with van der Waals surface area (Å²) in [5.41, 5.74) is 1.99. The van der Waals surface area contributed by atoms with Gasteiger partial charge in [-0.05, 0) is 66.0 Å². The highest BCUT2D eigenvalue weighted by molar-refractivity contribution is 9.10. The van der Waals surface area contributed by atoms with Gasteiger partial charge in [-0.3, -0.25) is 0 Å². The van der Waals surface area contributed by atoms with E-state index in [1.54, 1.807) is 0 Å².